The van der Waals surface area contributed by atoms with Gasteiger partial charge in [0, 0.05) is 5.92 Å². The molecule has 6 heteroatoms. The highest BCUT2D eigenvalue weighted by Crippen LogP contribution is 2.32. The summed E-state index contributed by atoms with van der Waals surface area (Å²) in [7, 11) is 0. The Bertz CT molecular complexity index is 625. The molecule has 4 amide bonds. The molecule has 1 aromatic rings. The van der Waals surface area contributed by atoms with E-state index in [1.807, 2.05) is 37.3 Å². The zero-order valence-corrected chi connectivity index (χ0v) is 13.2. The van der Waals surface area contributed by atoms with Crippen molar-refractivity contribution in [3.63, 3.8) is 0 Å². The molecule has 23 heavy (non-hydrogen) atoms. The third-order valence-corrected chi connectivity index (χ3v) is 4.84. The molecule has 0 aromatic heterocycles. The maximum atomic E-state index is 12.8. The lowest BCUT2D eigenvalue weighted by atomic mass is 9.87. The Kier molecular flexibility index (Phi) is 4.07. The van der Waals surface area contributed by atoms with Crippen molar-refractivity contribution in [2.45, 2.75) is 44.6 Å². The van der Waals surface area contributed by atoms with Gasteiger partial charge in [0.25, 0.3) is 5.91 Å². The average molecular weight is 315 g/mol. The van der Waals surface area contributed by atoms with Gasteiger partial charge in [0.15, 0.2) is 0 Å². The topological polar surface area (TPSA) is 78.5 Å². The minimum Gasteiger partial charge on any atom is -0.318 e. The number of nitrogens with zero attached hydrogens (tertiary/aromatic N) is 1. The summed E-state index contributed by atoms with van der Waals surface area (Å²) in [5.41, 5.74) is 2.12. The maximum Gasteiger partial charge on any atom is 0.344 e. The van der Waals surface area contributed by atoms with Crippen molar-refractivity contribution in [1.82, 2.24) is 15.8 Å². The zero-order chi connectivity index (χ0) is 16.4. The minimum atomic E-state index is -1.11. The van der Waals surface area contributed by atoms with Crippen molar-refractivity contribution < 1.29 is 14.4 Å². The van der Waals surface area contributed by atoms with Crippen LogP contribution in [0.5, 0.6) is 0 Å². The van der Waals surface area contributed by atoms with Crippen molar-refractivity contribution in [2.24, 2.45) is 5.92 Å². The molecule has 2 fully saturated rings. The van der Waals surface area contributed by atoms with Crippen LogP contribution in [0.4, 0.5) is 4.79 Å². The van der Waals surface area contributed by atoms with Crippen LogP contribution < -0.4 is 10.7 Å². The van der Waals surface area contributed by atoms with Gasteiger partial charge in [0.1, 0.15) is 5.54 Å². The van der Waals surface area contributed by atoms with Gasteiger partial charge in [-0.1, -0.05) is 50.1 Å². The average Bonchev–Trinajstić information content (AvgIpc) is 3.19. The van der Waals surface area contributed by atoms with Gasteiger partial charge in [-0.3, -0.25) is 15.0 Å². The fraction of sp³-hybridized carbons (Fsp3) is 0.471. The summed E-state index contributed by atoms with van der Waals surface area (Å²) < 4.78 is 0. The highest BCUT2D eigenvalue weighted by Gasteiger charge is 2.52. The lowest BCUT2D eigenvalue weighted by Gasteiger charge is -2.25. The maximum absolute atomic E-state index is 12.8. The first kappa shape index (κ1) is 15.5. The van der Waals surface area contributed by atoms with Gasteiger partial charge in [-0.05, 0) is 24.8 Å². The summed E-state index contributed by atoms with van der Waals surface area (Å²) in [5, 5.41) is 3.60. The Hall–Kier alpha value is -2.37. The van der Waals surface area contributed by atoms with E-state index < -0.39 is 17.5 Å². The number of hydrogen-bond donors (Lipinski definition) is 2. The molecule has 3 rings (SSSR count). The van der Waals surface area contributed by atoms with Crippen molar-refractivity contribution in [2.75, 3.05) is 0 Å². The van der Waals surface area contributed by atoms with Gasteiger partial charge in [-0.15, -0.1) is 0 Å². The number of benzene rings is 1. The Morgan fingerprint density at radius 2 is 1.91 bits per heavy atom. The number of carbonyl (C=O) groups excluding carboxylic acids is 3. The highest BCUT2D eigenvalue weighted by atomic mass is 16.2. The molecule has 1 heterocycles. The van der Waals surface area contributed by atoms with E-state index in [0.717, 1.165) is 36.3 Å². The number of carbonyl (C=O) groups is 3. The third kappa shape index (κ3) is 2.58. The predicted molar refractivity (Wildman–Crippen MR) is 83.9 cm³/mol. The second-order valence-corrected chi connectivity index (χ2v) is 6.15. The molecule has 0 spiro atoms. The number of rotatable bonds is 4. The van der Waals surface area contributed by atoms with E-state index >= 15 is 0 Å². The molecule has 122 valence electrons. The molecule has 1 aliphatic carbocycles. The standard InChI is InChI=1S/C17H21N3O3/c1-2-17(13-10-4-3-5-11-13)15(22)20(16(23)18-17)19-14(21)12-8-6-7-9-12/h3-5,10-12H,2,6-9H2,1H3,(H,18,23)(H,19,21)/t17-/m0/s1. The summed E-state index contributed by atoms with van der Waals surface area (Å²) in [5.74, 6) is -0.780. The normalized spacial score (nSPS) is 24.8. The second-order valence-electron chi connectivity index (χ2n) is 6.15. The molecule has 1 aromatic carbocycles. The van der Waals surface area contributed by atoms with E-state index in [9.17, 15) is 14.4 Å². The summed E-state index contributed by atoms with van der Waals surface area (Å²) in [6.45, 7) is 1.84. The Morgan fingerprint density at radius 1 is 1.26 bits per heavy atom. The monoisotopic (exact) mass is 315 g/mol. The fourth-order valence-electron chi connectivity index (χ4n) is 3.43. The summed E-state index contributed by atoms with van der Waals surface area (Å²) in [6, 6.07) is 8.55. The molecule has 0 radical (unpaired) electrons. The van der Waals surface area contributed by atoms with Crippen molar-refractivity contribution in [3.05, 3.63) is 35.9 Å². The molecule has 1 saturated heterocycles. The second kappa shape index (κ2) is 6.02. The van der Waals surface area contributed by atoms with Gasteiger partial charge in [0.2, 0.25) is 5.91 Å². The summed E-state index contributed by atoms with van der Waals surface area (Å²) >= 11 is 0. The minimum absolute atomic E-state index is 0.107. The van der Waals surface area contributed by atoms with E-state index in [0.29, 0.717) is 6.42 Å². The molecule has 1 atom stereocenters. The van der Waals surface area contributed by atoms with Crippen molar-refractivity contribution in [3.8, 4) is 0 Å². The molecular formula is C17H21N3O3. The van der Waals surface area contributed by atoms with Gasteiger partial charge < -0.3 is 5.32 Å². The van der Waals surface area contributed by atoms with Gasteiger partial charge in [-0.25, -0.2) is 4.79 Å². The summed E-state index contributed by atoms with van der Waals surface area (Å²) in [4.78, 5) is 37.4. The van der Waals surface area contributed by atoms with Crippen LogP contribution in [0.3, 0.4) is 0 Å². The number of imide groups is 1. The molecule has 2 aliphatic rings. The molecule has 6 nitrogen and oxygen atoms in total. The Morgan fingerprint density at radius 3 is 2.52 bits per heavy atom. The predicted octanol–water partition coefficient (Wildman–Crippen LogP) is 2.07. The van der Waals surface area contributed by atoms with Crippen molar-refractivity contribution >= 4 is 17.8 Å². The largest absolute Gasteiger partial charge is 0.344 e. The van der Waals surface area contributed by atoms with Gasteiger partial charge >= 0.3 is 6.03 Å². The lowest BCUT2D eigenvalue weighted by molar-refractivity contribution is -0.140. The highest BCUT2D eigenvalue weighted by molar-refractivity contribution is 6.08. The number of urea groups is 1. The van der Waals surface area contributed by atoms with Crippen LogP contribution in [0.25, 0.3) is 0 Å². The van der Waals surface area contributed by atoms with E-state index in [1.165, 1.54) is 0 Å². The van der Waals surface area contributed by atoms with Crippen molar-refractivity contribution in [1.29, 1.82) is 0 Å². The van der Waals surface area contributed by atoms with E-state index in [2.05, 4.69) is 10.7 Å². The molecule has 0 unspecified atom stereocenters. The van der Waals surface area contributed by atoms with E-state index in [-0.39, 0.29) is 11.8 Å². The van der Waals surface area contributed by atoms with Crippen LogP contribution in [0, 0.1) is 5.92 Å². The van der Waals surface area contributed by atoms with Gasteiger partial charge in [0.05, 0.1) is 0 Å². The number of hydrogen-bond acceptors (Lipinski definition) is 3. The first-order chi connectivity index (χ1) is 11.1. The Labute approximate surface area is 135 Å². The zero-order valence-electron chi connectivity index (χ0n) is 13.2. The van der Waals surface area contributed by atoms with E-state index in [1.54, 1.807) is 0 Å². The smallest absolute Gasteiger partial charge is 0.318 e. The van der Waals surface area contributed by atoms with Crippen LogP contribution in [0.1, 0.15) is 44.6 Å². The molecule has 2 N–H and O–H groups in total. The fourth-order valence-corrected chi connectivity index (χ4v) is 3.43. The first-order valence-electron chi connectivity index (χ1n) is 8.11. The van der Waals surface area contributed by atoms with Gasteiger partial charge in [-0.2, -0.15) is 5.01 Å². The van der Waals surface area contributed by atoms with Crippen LogP contribution in [-0.2, 0) is 15.1 Å². The number of hydrazine groups is 1. The van der Waals surface area contributed by atoms with Crippen LogP contribution in [0.15, 0.2) is 30.3 Å². The van der Waals surface area contributed by atoms with Crippen LogP contribution in [-0.4, -0.2) is 22.9 Å². The van der Waals surface area contributed by atoms with E-state index in [4.69, 9.17) is 0 Å². The molecule has 1 aliphatic heterocycles. The van der Waals surface area contributed by atoms with Crippen LogP contribution >= 0.6 is 0 Å². The number of amides is 4. The lowest BCUT2D eigenvalue weighted by Crippen LogP contribution is -2.49. The third-order valence-electron chi connectivity index (χ3n) is 4.84. The van der Waals surface area contributed by atoms with Crippen LogP contribution in [0.2, 0.25) is 0 Å². The molecular weight excluding hydrogens is 294 g/mol. The SMILES string of the molecule is CC[C@@]1(c2ccccc2)NC(=O)N(NC(=O)C2CCCC2)C1=O. The quantitative estimate of drug-likeness (QED) is 0.835. The molecule has 0 bridgehead atoms. The molecule has 1 saturated carbocycles. The number of nitrogens with one attached hydrogen (secondary N) is 2. The summed E-state index contributed by atoms with van der Waals surface area (Å²) in [6.07, 6.45) is 4.07. The first-order valence-corrected chi connectivity index (χ1v) is 8.11. The Balaban J connectivity index is 1.82.